The van der Waals surface area contributed by atoms with Crippen LogP contribution in [0.15, 0.2) is 53.7 Å². The Labute approximate surface area is 145 Å². The van der Waals surface area contributed by atoms with Gasteiger partial charge in [0.2, 0.25) is 0 Å². The van der Waals surface area contributed by atoms with Crippen LogP contribution in [0, 0.1) is 0 Å². The van der Waals surface area contributed by atoms with E-state index in [0.717, 1.165) is 5.56 Å². The Balaban J connectivity index is 2.10. The molecule has 1 atom stereocenters. The van der Waals surface area contributed by atoms with Crippen LogP contribution in [0.5, 0.6) is 0 Å². The maximum atomic E-state index is 11.3. The first-order chi connectivity index (χ1) is 11.5. The summed E-state index contributed by atoms with van der Waals surface area (Å²) < 4.78 is 5.04. The number of ether oxygens (including phenoxy) is 1. The van der Waals surface area contributed by atoms with Crippen LogP contribution < -0.4 is 0 Å². The highest BCUT2D eigenvalue weighted by atomic mass is 35.5. The molecule has 5 nitrogen and oxygen atoms in total. The minimum absolute atomic E-state index is 0.147. The largest absolute Gasteiger partial charge is 0.479 e. The Morgan fingerprint density at radius 3 is 2.50 bits per heavy atom. The number of benzene rings is 2. The van der Waals surface area contributed by atoms with E-state index in [2.05, 4.69) is 5.16 Å². The van der Waals surface area contributed by atoms with Crippen molar-refractivity contribution in [1.82, 2.24) is 0 Å². The smallest absolute Gasteiger partial charge is 0.337 e. The Kier molecular flexibility index (Phi) is 6.35. The summed E-state index contributed by atoms with van der Waals surface area (Å²) in [6, 6.07) is 14.3. The van der Waals surface area contributed by atoms with Crippen LogP contribution in [0.2, 0.25) is 5.02 Å². The van der Waals surface area contributed by atoms with Gasteiger partial charge >= 0.3 is 5.97 Å². The summed E-state index contributed by atoms with van der Waals surface area (Å²) in [7, 11) is 1.36. The Hall–Kier alpha value is -2.37. The molecular weight excluding hydrogens is 330 g/mol. The maximum absolute atomic E-state index is 11.3. The Morgan fingerprint density at radius 1 is 1.21 bits per heavy atom. The number of halogens is 1. The molecule has 0 bridgehead atoms. The fourth-order valence-corrected chi connectivity index (χ4v) is 2.35. The molecule has 0 aromatic heterocycles. The molecule has 0 fully saturated rings. The lowest BCUT2D eigenvalue weighted by molar-refractivity contribution is -0.149. The SMILES string of the molecule is COC(C(=O)O)c1ccccc1CON=C(C)c1ccc(Cl)cc1. The average Bonchev–Trinajstić information content (AvgIpc) is 2.57. The first-order valence-corrected chi connectivity index (χ1v) is 7.66. The molecule has 0 saturated heterocycles. The second kappa shape index (κ2) is 8.47. The molecule has 2 rings (SSSR count). The first kappa shape index (κ1) is 18.0. The van der Waals surface area contributed by atoms with Crippen molar-refractivity contribution in [3.05, 3.63) is 70.2 Å². The van der Waals surface area contributed by atoms with Crippen LogP contribution in [0.4, 0.5) is 0 Å². The monoisotopic (exact) mass is 347 g/mol. The van der Waals surface area contributed by atoms with E-state index in [9.17, 15) is 9.90 Å². The van der Waals surface area contributed by atoms with Crippen LogP contribution in [0.1, 0.15) is 29.7 Å². The normalized spacial score (nSPS) is 12.7. The van der Waals surface area contributed by atoms with Crippen molar-refractivity contribution >= 4 is 23.3 Å². The van der Waals surface area contributed by atoms with E-state index in [1.54, 1.807) is 30.3 Å². The summed E-state index contributed by atoms with van der Waals surface area (Å²) in [6.45, 7) is 1.97. The number of aliphatic carboxylic acids is 1. The zero-order valence-electron chi connectivity index (χ0n) is 13.4. The van der Waals surface area contributed by atoms with Crippen LogP contribution in [0.25, 0.3) is 0 Å². The predicted octanol–water partition coefficient (Wildman–Crippen LogP) is 4.05. The molecule has 126 valence electrons. The van der Waals surface area contributed by atoms with E-state index < -0.39 is 12.1 Å². The third-order valence-electron chi connectivity index (χ3n) is 3.48. The molecule has 2 aromatic carbocycles. The van der Waals surface area contributed by atoms with Gasteiger partial charge in [-0.25, -0.2) is 4.79 Å². The van der Waals surface area contributed by atoms with Crippen molar-refractivity contribution < 1.29 is 19.5 Å². The molecule has 6 heteroatoms. The Morgan fingerprint density at radius 2 is 1.88 bits per heavy atom. The molecule has 1 N–H and O–H groups in total. The van der Waals surface area contributed by atoms with Gasteiger partial charge < -0.3 is 14.7 Å². The lowest BCUT2D eigenvalue weighted by Gasteiger charge is -2.14. The maximum Gasteiger partial charge on any atom is 0.337 e. The fraction of sp³-hybridized carbons (Fsp3) is 0.222. The molecule has 0 aliphatic heterocycles. The molecule has 0 radical (unpaired) electrons. The molecule has 24 heavy (non-hydrogen) atoms. The Bertz CT molecular complexity index is 728. The first-order valence-electron chi connectivity index (χ1n) is 7.29. The fourth-order valence-electron chi connectivity index (χ4n) is 2.22. The summed E-state index contributed by atoms with van der Waals surface area (Å²) in [5.41, 5.74) is 2.85. The van der Waals surface area contributed by atoms with Gasteiger partial charge in [0.1, 0.15) is 6.61 Å². The van der Waals surface area contributed by atoms with E-state index in [1.165, 1.54) is 7.11 Å². The number of carboxylic acid groups (broad SMARTS) is 1. The molecule has 0 heterocycles. The van der Waals surface area contributed by atoms with E-state index in [4.69, 9.17) is 21.2 Å². The average molecular weight is 348 g/mol. The number of hydrogen-bond donors (Lipinski definition) is 1. The zero-order chi connectivity index (χ0) is 17.5. The third kappa shape index (κ3) is 4.57. The number of carboxylic acids is 1. The van der Waals surface area contributed by atoms with Crippen molar-refractivity contribution in [2.75, 3.05) is 7.11 Å². The number of rotatable bonds is 7. The van der Waals surface area contributed by atoms with Gasteiger partial charge in [-0.15, -0.1) is 0 Å². The summed E-state index contributed by atoms with van der Waals surface area (Å²) in [4.78, 5) is 16.7. The third-order valence-corrected chi connectivity index (χ3v) is 3.73. The van der Waals surface area contributed by atoms with E-state index in [1.807, 2.05) is 25.1 Å². The minimum atomic E-state index is -1.05. The van der Waals surface area contributed by atoms with E-state index in [-0.39, 0.29) is 6.61 Å². The quantitative estimate of drug-likeness (QED) is 0.606. The molecular formula is C18H18ClNO4. The number of methoxy groups -OCH3 is 1. The minimum Gasteiger partial charge on any atom is -0.479 e. The predicted molar refractivity (Wildman–Crippen MR) is 92.3 cm³/mol. The van der Waals surface area contributed by atoms with Gasteiger partial charge in [0, 0.05) is 12.1 Å². The van der Waals surface area contributed by atoms with Crippen molar-refractivity contribution in [3.8, 4) is 0 Å². The van der Waals surface area contributed by atoms with E-state index in [0.29, 0.717) is 21.9 Å². The lowest BCUT2D eigenvalue weighted by Crippen LogP contribution is -2.15. The number of nitrogens with zero attached hydrogens (tertiary/aromatic N) is 1. The summed E-state index contributed by atoms with van der Waals surface area (Å²) >= 11 is 5.86. The van der Waals surface area contributed by atoms with Gasteiger partial charge in [0.15, 0.2) is 6.10 Å². The number of oxime groups is 1. The lowest BCUT2D eigenvalue weighted by atomic mass is 10.0. The zero-order valence-corrected chi connectivity index (χ0v) is 14.2. The van der Waals surface area contributed by atoms with Crippen LogP contribution in [-0.2, 0) is 21.0 Å². The summed E-state index contributed by atoms with van der Waals surface area (Å²) in [6.07, 6.45) is -1.04. The number of hydrogen-bond acceptors (Lipinski definition) is 4. The van der Waals surface area contributed by atoms with Crippen molar-refractivity contribution in [2.45, 2.75) is 19.6 Å². The topological polar surface area (TPSA) is 68.1 Å². The van der Waals surface area contributed by atoms with Gasteiger partial charge in [-0.05, 0) is 35.7 Å². The second-order valence-corrected chi connectivity index (χ2v) is 5.55. The highest BCUT2D eigenvalue weighted by Crippen LogP contribution is 2.22. The highest BCUT2D eigenvalue weighted by Gasteiger charge is 2.21. The van der Waals surface area contributed by atoms with Crippen molar-refractivity contribution in [2.24, 2.45) is 5.16 Å². The van der Waals surface area contributed by atoms with Gasteiger partial charge in [0.05, 0.1) is 5.71 Å². The van der Waals surface area contributed by atoms with Crippen molar-refractivity contribution in [1.29, 1.82) is 0 Å². The van der Waals surface area contributed by atoms with Crippen LogP contribution in [0.3, 0.4) is 0 Å². The molecule has 0 saturated carbocycles. The van der Waals surface area contributed by atoms with Crippen LogP contribution in [-0.4, -0.2) is 23.9 Å². The summed E-state index contributed by atoms with van der Waals surface area (Å²) in [5, 5.41) is 14.0. The standard InChI is InChI=1S/C18H18ClNO4/c1-12(13-7-9-15(19)10-8-13)20-24-11-14-5-3-4-6-16(14)17(23-2)18(21)22/h3-10,17H,11H2,1-2H3,(H,21,22). The highest BCUT2D eigenvalue weighted by molar-refractivity contribution is 6.30. The second-order valence-electron chi connectivity index (χ2n) is 5.11. The number of carbonyl (C=O) groups is 1. The van der Waals surface area contributed by atoms with Gasteiger partial charge in [-0.3, -0.25) is 0 Å². The molecule has 0 aliphatic carbocycles. The molecule has 0 aliphatic rings. The molecule has 2 aromatic rings. The molecule has 0 spiro atoms. The van der Waals surface area contributed by atoms with Crippen LogP contribution >= 0.6 is 11.6 Å². The molecule has 1 unspecified atom stereocenters. The summed E-state index contributed by atoms with van der Waals surface area (Å²) in [5.74, 6) is -1.05. The van der Waals surface area contributed by atoms with Gasteiger partial charge in [-0.2, -0.15) is 0 Å². The molecule has 0 amide bonds. The van der Waals surface area contributed by atoms with E-state index >= 15 is 0 Å². The van der Waals surface area contributed by atoms with Gasteiger partial charge in [0.25, 0.3) is 0 Å². The van der Waals surface area contributed by atoms with Gasteiger partial charge in [-0.1, -0.05) is 53.2 Å². The van der Waals surface area contributed by atoms with Crippen molar-refractivity contribution in [3.63, 3.8) is 0 Å².